The molecule has 0 bridgehead atoms. The molecule has 1 aromatic carbocycles. The van der Waals surface area contributed by atoms with Gasteiger partial charge in [0.15, 0.2) is 0 Å². The number of alkyl halides is 3. The third-order valence-electron chi connectivity index (χ3n) is 4.23. The number of aliphatic hydroxyl groups is 1. The highest BCUT2D eigenvalue weighted by Crippen LogP contribution is 2.32. The number of hydrogen-bond donors (Lipinski definition) is 3. The maximum atomic E-state index is 13.3. The van der Waals surface area contributed by atoms with Crippen LogP contribution in [0.1, 0.15) is 12.0 Å². The van der Waals surface area contributed by atoms with Gasteiger partial charge in [0.2, 0.25) is 12.0 Å². The molecule has 1 heterocycles. The Bertz CT molecular complexity index is 756. The molecule has 0 aliphatic carbocycles. The third-order valence-corrected chi connectivity index (χ3v) is 4.45. The van der Waals surface area contributed by atoms with E-state index in [2.05, 4.69) is 5.32 Å². The second-order valence-corrected chi connectivity index (χ2v) is 6.59. The maximum Gasteiger partial charge on any atom is 0.410 e. The molecule has 2 rings (SSSR count). The Kier molecular flexibility index (Phi) is 6.50. The maximum absolute atomic E-state index is 13.3. The van der Waals surface area contributed by atoms with Crippen molar-refractivity contribution in [3.63, 3.8) is 0 Å². The summed E-state index contributed by atoms with van der Waals surface area (Å²) < 4.78 is 52.9. The Balaban J connectivity index is 2.11. The van der Waals surface area contributed by atoms with Gasteiger partial charge >= 0.3 is 6.18 Å². The van der Waals surface area contributed by atoms with Gasteiger partial charge in [-0.05, 0) is 23.8 Å². The largest absolute Gasteiger partial charge is 0.410 e. The number of benzene rings is 1. The van der Waals surface area contributed by atoms with Crippen molar-refractivity contribution in [3.05, 3.63) is 34.6 Å². The molecule has 0 aromatic heterocycles. The third kappa shape index (κ3) is 4.71. The van der Waals surface area contributed by atoms with E-state index >= 15 is 0 Å². The van der Waals surface area contributed by atoms with Crippen LogP contribution in [0.25, 0.3) is 0 Å². The van der Waals surface area contributed by atoms with Crippen LogP contribution >= 0.6 is 11.6 Å². The summed E-state index contributed by atoms with van der Waals surface area (Å²) in [6.07, 6.45) is -5.41. The predicted molar refractivity (Wildman–Crippen MR) is 88.4 cm³/mol. The average Bonchev–Trinajstić information content (AvgIpc) is 2.88. The quantitative estimate of drug-likeness (QED) is 0.341. The lowest BCUT2D eigenvalue weighted by Gasteiger charge is -2.30. The fourth-order valence-corrected chi connectivity index (χ4v) is 3.08. The van der Waals surface area contributed by atoms with Crippen molar-refractivity contribution in [2.75, 3.05) is 13.1 Å². The van der Waals surface area contributed by atoms with E-state index in [4.69, 9.17) is 11.6 Å². The number of amides is 3. The molecule has 0 spiro atoms. The molecule has 7 nitrogen and oxygen atoms in total. The lowest BCUT2D eigenvalue weighted by Crippen LogP contribution is -2.57. The molecule has 3 N–H and O–H groups in total. The minimum atomic E-state index is -4.88. The highest BCUT2D eigenvalue weighted by molar-refractivity contribution is 6.30. The van der Waals surface area contributed by atoms with Crippen molar-refractivity contribution in [3.8, 4) is 0 Å². The fraction of sp³-hybridized carbons (Fsp3) is 0.438. The molecule has 1 fully saturated rings. The fourth-order valence-electron chi connectivity index (χ4n) is 2.84. The van der Waals surface area contributed by atoms with Crippen molar-refractivity contribution < 1.29 is 37.1 Å². The first-order chi connectivity index (χ1) is 13.0. The SMILES string of the molecule is O=CNC[C@H](N1CC[C@](O)(C(=O)NCc2cc(F)cc(Cl)c2)C1=O)C(F)(F)F. The van der Waals surface area contributed by atoms with Gasteiger partial charge < -0.3 is 20.6 Å². The highest BCUT2D eigenvalue weighted by Gasteiger charge is 2.57. The van der Waals surface area contributed by atoms with Crippen molar-refractivity contribution in [1.29, 1.82) is 0 Å². The zero-order valence-electron chi connectivity index (χ0n) is 14.2. The summed E-state index contributed by atoms with van der Waals surface area (Å²) in [6.45, 7) is -1.77. The van der Waals surface area contributed by atoms with E-state index in [1.165, 1.54) is 6.07 Å². The summed E-state index contributed by atoms with van der Waals surface area (Å²) in [4.78, 5) is 35.2. The van der Waals surface area contributed by atoms with Crippen LogP contribution in [0.3, 0.4) is 0 Å². The van der Waals surface area contributed by atoms with Crippen LogP contribution in [0.15, 0.2) is 18.2 Å². The van der Waals surface area contributed by atoms with Crippen molar-refractivity contribution in [2.24, 2.45) is 0 Å². The summed E-state index contributed by atoms with van der Waals surface area (Å²) in [6, 6.07) is 1.03. The van der Waals surface area contributed by atoms with Gasteiger partial charge in [0.1, 0.15) is 11.9 Å². The first-order valence-electron chi connectivity index (χ1n) is 7.99. The minimum absolute atomic E-state index is 0.0440. The number of carbonyl (C=O) groups is 3. The van der Waals surface area contributed by atoms with E-state index in [9.17, 15) is 37.1 Å². The topological polar surface area (TPSA) is 98.7 Å². The Morgan fingerprint density at radius 2 is 2.07 bits per heavy atom. The molecular weight excluding hydrogens is 410 g/mol. The average molecular weight is 426 g/mol. The van der Waals surface area contributed by atoms with Gasteiger partial charge in [0, 0.05) is 31.1 Å². The molecule has 1 saturated heterocycles. The molecule has 2 atom stereocenters. The van der Waals surface area contributed by atoms with Crippen LogP contribution in [-0.2, 0) is 20.9 Å². The van der Waals surface area contributed by atoms with Crippen molar-refractivity contribution in [2.45, 2.75) is 30.8 Å². The van der Waals surface area contributed by atoms with Crippen molar-refractivity contribution >= 4 is 29.8 Å². The van der Waals surface area contributed by atoms with Gasteiger partial charge in [-0.3, -0.25) is 14.4 Å². The van der Waals surface area contributed by atoms with E-state index in [1.54, 1.807) is 0 Å². The van der Waals surface area contributed by atoms with Gasteiger partial charge in [0.05, 0.1) is 0 Å². The molecule has 154 valence electrons. The highest BCUT2D eigenvalue weighted by atomic mass is 35.5. The lowest BCUT2D eigenvalue weighted by atomic mass is 10.0. The first kappa shape index (κ1) is 21.9. The molecule has 1 aliphatic heterocycles. The van der Waals surface area contributed by atoms with Crippen LogP contribution < -0.4 is 10.6 Å². The number of nitrogens with zero attached hydrogens (tertiary/aromatic N) is 1. The number of carbonyl (C=O) groups excluding carboxylic acids is 3. The number of nitrogens with one attached hydrogen (secondary N) is 2. The molecule has 0 unspecified atom stereocenters. The number of hydrogen-bond acceptors (Lipinski definition) is 4. The van der Waals surface area contributed by atoms with Gasteiger partial charge in [-0.15, -0.1) is 0 Å². The summed E-state index contributed by atoms with van der Waals surface area (Å²) >= 11 is 5.68. The van der Waals surface area contributed by atoms with Crippen LogP contribution in [0.2, 0.25) is 5.02 Å². The summed E-state index contributed by atoms with van der Waals surface area (Å²) in [5.41, 5.74) is -2.48. The van der Waals surface area contributed by atoms with E-state index in [0.717, 1.165) is 12.1 Å². The van der Waals surface area contributed by atoms with E-state index < -0.39 is 55.0 Å². The monoisotopic (exact) mass is 425 g/mol. The second kappa shape index (κ2) is 8.31. The Hall–Kier alpha value is -2.40. The van der Waals surface area contributed by atoms with Crippen LogP contribution in [0.5, 0.6) is 0 Å². The molecule has 28 heavy (non-hydrogen) atoms. The van der Waals surface area contributed by atoms with Crippen LogP contribution in [0, 0.1) is 5.82 Å². The molecule has 0 saturated carbocycles. The summed E-state index contributed by atoms with van der Waals surface area (Å²) in [7, 11) is 0. The second-order valence-electron chi connectivity index (χ2n) is 6.15. The minimum Gasteiger partial charge on any atom is -0.372 e. The van der Waals surface area contributed by atoms with Crippen LogP contribution in [0.4, 0.5) is 17.6 Å². The van der Waals surface area contributed by atoms with E-state index in [1.807, 2.05) is 5.32 Å². The van der Waals surface area contributed by atoms with Gasteiger partial charge in [-0.1, -0.05) is 11.6 Å². The Morgan fingerprint density at radius 1 is 1.39 bits per heavy atom. The van der Waals surface area contributed by atoms with E-state index in [0.29, 0.717) is 4.90 Å². The standard InChI is InChI=1S/C16H16ClF4N3O4/c17-10-3-9(4-11(18)5-10)6-23-13(26)15(28)1-2-24(14(15)27)12(7-22-8-25)16(19,20)21/h3-5,8,12,28H,1-2,6-7H2,(H,22,25)(H,23,26)/t12-,15-/m0/s1. The predicted octanol–water partition coefficient (Wildman–Crippen LogP) is 0.736. The molecule has 1 aliphatic rings. The van der Waals surface area contributed by atoms with Gasteiger partial charge in [-0.25, -0.2) is 4.39 Å². The lowest BCUT2D eigenvalue weighted by molar-refractivity contribution is -0.189. The summed E-state index contributed by atoms with van der Waals surface area (Å²) in [5, 5.41) is 14.5. The number of likely N-dealkylation sites (tertiary alicyclic amines) is 1. The number of halogens is 5. The number of rotatable bonds is 7. The normalized spacial score (nSPS) is 20.8. The van der Waals surface area contributed by atoms with Crippen molar-refractivity contribution in [1.82, 2.24) is 15.5 Å². The molecular formula is C16H16ClF4N3O4. The van der Waals surface area contributed by atoms with Gasteiger partial charge in [0.25, 0.3) is 11.8 Å². The van der Waals surface area contributed by atoms with Gasteiger partial charge in [-0.2, -0.15) is 13.2 Å². The molecule has 0 radical (unpaired) electrons. The zero-order chi connectivity index (χ0) is 21.1. The first-order valence-corrected chi connectivity index (χ1v) is 8.37. The molecule has 12 heteroatoms. The summed E-state index contributed by atoms with van der Waals surface area (Å²) in [5.74, 6) is -3.32. The van der Waals surface area contributed by atoms with Crippen LogP contribution in [-0.4, -0.2) is 59.1 Å². The van der Waals surface area contributed by atoms with E-state index in [-0.39, 0.29) is 23.5 Å². The Morgan fingerprint density at radius 3 is 2.64 bits per heavy atom. The molecule has 1 aromatic rings. The smallest absolute Gasteiger partial charge is 0.372 e. The zero-order valence-corrected chi connectivity index (χ0v) is 15.0. The molecule has 3 amide bonds. The Labute approximate surface area is 161 Å².